The molecule has 0 bridgehead atoms. The fraction of sp³-hybridized carbons (Fsp3) is 0.0690. The Kier molecular flexibility index (Phi) is 5.78. The van der Waals surface area contributed by atoms with Gasteiger partial charge < -0.3 is 9.73 Å². The molecule has 0 spiro atoms. The molecule has 3 aromatic heterocycles. The van der Waals surface area contributed by atoms with E-state index in [1.807, 2.05) is 84.9 Å². The third-order valence-electron chi connectivity index (χ3n) is 6.78. The van der Waals surface area contributed by atoms with E-state index in [-0.39, 0.29) is 11.9 Å². The number of fused-ring (bicyclic) bond motifs is 1. The van der Waals surface area contributed by atoms with Crippen LogP contribution in [0.2, 0.25) is 0 Å². The van der Waals surface area contributed by atoms with Crippen LogP contribution in [0.3, 0.4) is 0 Å². The highest BCUT2D eigenvalue weighted by Crippen LogP contribution is 2.35. The molecule has 0 radical (unpaired) electrons. The van der Waals surface area contributed by atoms with Gasteiger partial charge in [-0.05, 0) is 47.0 Å². The summed E-state index contributed by atoms with van der Waals surface area (Å²) < 4.78 is 5.84. The number of aromatic amines is 2. The zero-order chi connectivity index (χ0) is 26.9. The first-order valence-corrected chi connectivity index (χ1v) is 12.6. The van der Waals surface area contributed by atoms with Crippen LogP contribution in [0.4, 0.5) is 0 Å². The molecule has 11 heteroatoms. The number of aromatic nitrogens is 8. The molecule has 1 aliphatic heterocycles. The summed E-state index contributed by atoms with van der Waals surface area (Å²) in [7, 11) is 0. The lowest BCUT2D eigenvalue weighted by molar-refractivity contribution is 0.0924. The molecule has 40 heavy (non-hydrogen) atoms. The highest BCUT2D eigenvalue weighted by Gasteiger charge is 2.29. The van der Waals surface area contributed by atoms with E-state index >= 15 is 0 Å². The van der Waals surface area contributed by atoms with Crippen molar-refractivity contribution in [3.05, 3.63) is 107 Å². The molecule has 1 amide bonds. The lowest BCUT2D eigenvalue weighted by Gasteiger charge is -2.25. The van der Waals surface area contributed by atoms with Crippen LogP contribution in [0.1, 0.15) is 39.2 Å². The molecule has 0 saturated heterocycles. The Hall–Kier alpha value is -5.71. The minimum Gasteiger partial charge on any atom is -0.417 e. The Labute approximate surface area is 227 Å². The Bertz CT molecular complexity index is 1820. The van der Waals surface area contributed by atoms with E-state index in [0.717, 1.165) is 33.5 Å². The average molecular weight is 528 g/mol. The number of benzene rings is 3. The lowest BCUT2D eigenvalue weighted by Crippen LogP contribution is -2.35. The molecule has 3 aromatic carbocycles. The van der Waals surface area contributed by atoms with E-state index in [0.29, 0.717) is 35.3 Å². The molecule has 7 rings (SSSR count). The van der Waals surface area contributed by atoms with Crippen LogP contribution in [0, 0.1) is 0 Å². The maximum atomic E-state index is 12.9. The van der Waals surface area contributed by atoms with Crippen molar-refractivity contribution >= 4 is 18.1 Å². The summed E-state index contributed by atoms with van der Waals surface area (Å²) in [5.74, 6) is 1.17. The first-order chi connectivity index (χ1) is 19.7. The molecule has 0 fully saturated rings. The Morgan fingerprint density at radius 3 is 2.42 bits per heavy atom. The average Bonchev–Trinajstić information content (AvgIpc) is 3.78. The van der Waals surface area contributed by atoms with E-state index in [4.69, 9.17) is 4.42 Å². The molecule has 0 saturated carbocycles. The van der Waals surface area contributed by atoms with Crippen molar-refractivity contribution in [3.8, 4) is 34.0 Å². The Balaban J connectivity index is 1.26. The van der Waals surface area contributed by atoms with Crippen LogP contribution in [0.5, 0.6) is 0 Å². The smallest absolute Gasteiger partial charge is 0.252 e. The highest BCUT2D eigenvalue weighted by atomic mass is 16.4. The second kappa shape index (κ2) is 9.87. The predicted molar refractivity (Wildman–Crippen MR) is 146 cm³/mol. The van der Waals surface area contributed by atoms with Crippen LogP contribution < -0.4 is 5.32 Å². The van der Waals surface area contributed by atoms with Crippen LogP contribution >= 0.6 is 0 Å². The van der Waals surface area contributed by atoms with Gasteiger partial charge in [0.05, 0.1) is 17.4 Å². The monoisotopic (exact) mass is 527 g/mol. The Morgan fingerprint density at radius 2 is 1.60 bits per heavy atom. The van der Waals surface area contributed by atoms with Crippen LogP contribution in [0.25, 0.3) is 46.1 Å². The summed E-state index contributed by atoms with van der Waals surface area (Å²) in [6, 6.07) is 24.7. The van der Waals surface area contributed by atoms with Gasteiger partial charge in [0.15, 0.2) is 0 Å². The fourth-order valence-corrected chi connectivity index (χ4v) is 4.87. The van der Waals surface area contributed by atoms with Crippen molar-refractivity contribution in [2.24, 2.45) is 0 Å². The van der Waals surface area contributed by atoms with Crippen molar-refractivity contribution in [1.29, 1.82) is 0 Å². The summed E-state index contributed by atoms with van der Waals surface area (Å²) in [6.07, 6.45) is 4.18. The Morgan fingerprint density at radius 1 is 0.800 bits per heavy atom. The second-order valence-corrected chi connectivity index (χ2v) is 9.24. The van der Waals surface area contributed by atoms with Crippen molar-refractivity contribution < 1.29 is 9.21 Å². The fourth-order valence-electron chi connectivity index (χ4n) is 4.87. The van der Waals surface area contributed by atoms with E-state index in [2.05, 4.69) is 46.3 Å². The number of H-pyrrole nitrogens is 2. The number of rotatable bonds is 6. The number of tetrazole rings is 1. The number of nitrogens with zero attached hydrogens (tertiary/aromatic N) is 6. The summed E-state index contributed by atoms with van der Waals surface area (Å²) in [4.78, 5) is 12.9. The number of carbonyl (C=O) groups is 1. The topological polar surface area (TPSA) is 151 Å². The van der Waals surface area contributed by atoms with Crippen LogP contribution in [-0.4, -0.2) is 46.9 Å². The van der Waals surface area contributed by atoms with Gasteiger partial charge in [0.1, 0.15) is 0 Å². The van der Waals surface area contributed by atoms with Gasteiger partial charge in [0.25, 0.3) is 5.91 Å². The van der Waals surface area contributed by atoms with E-state index in [1.165, 1.54) is 0 Å². The van der Waals surface area contributed by atoms with Gasteiger partial charge >= 0.3 is 0 Å². The number of hydrogen-bond donors (Lipinski definition) is 3. The first kappa shape index (κ1) is 23.4. The van der Waals surface area contributed by atoms with E-state index < -0.39 is 0 Å². The minimum absolute atomic E-state index is 0.115. The summed E-state index contributed by atoms with van der Waals surface area (Å²) in [5.41, 5.74) is 6.55. The zero-order valence-electron chi connectivity index (χ0n) is 20.9. The number of nitrogens with one attached hydrogen (secondary N) is 3. The maximum Gasteiger partial charge on any atom is 0.252 e. The summed E-state index contributed by atoms with van der Waals surface area (Å²) in [6.45, 7) is 0. The molecule has 1 atom stereocenters. The minimum atomic E-state index is -0.294. The van der Waals surface area contributed by atoms with E-state index in [9.17, 15) is 4.79 Å². The van der Waals surface area contributed by atoms with Gasteiger partial charge in [-0.15, -0.1) is 20.4 Å². The summed E-state index contributed by atoms with van der Waals surface area (Å²) >= 11 is 0. The number of hydrogen-bond acceptors (Lipinski definition) is 8. The van der Waals surface area contributed by atoms with Crippen molar-refractivity contribution in [2.75, 3.05) is 0 Å². The maximum absolute atomic E-state index is 12.9. The molecule has 1 aliphatic rings. The zero-order valence-corrected chi connectivity index (χ0v) is 20.9. The van der Waals surface area contributed by atoms with Gasteiger partial charge in [0, 0.05) is 28.3 Å². The molecular weight excluding hydrogens is 506 g/mol. The molecule has 11 nitrogen and oxygen atoms in total. The van der Waals surface area contributed by atoms with Crippen molar-refractivity contribution in [1.82, 2.24) is 46.3 Å². The standard InChI is InChI=1S/C29H21N9O2/c39-28-21-9-5-4-8-20(21)16-23(30-28)26-25(17-10-12-18(13-11-17)27-34-37-38-35-27)22(31-33-26)14-15-24-32-36-29(40-24)19-6-2-1-3-7-19/h1-15,23H,16H2,(H,30,39)(H,31,33)(H,34,35,37,38)/b15-14+. The third-order valence-corrected chi connectivity index (χ3v) is 6.78. The molecule has 1 unspecified atom stereocenters. The predicted octanol–water partition coefficient (Wildman–Crippen LogP) is 4.50. The molecule has 6 aromatic rings. The lowest BCUT2D eigenvalue weighted by atomic mass is 9.90. The quantitative estimate of drug-likeness (QED) is 0.286. The van der Waals surface area contributed by atoms with Crippen LogP contribution in [-0.2, 0) is 6.42 Å². The number of amides is 1. The highest BCUT2D eigenvalue weighted by molar-refractivity contribution is 5.97. The molecule has 194 valence electrons. The van der Waals surface area contributed by atoms with Gasteiger partial charge in [0.2, 0.25) is 17.6 Å². The first-order valence-electron chi connectivity index (χ1n) is 12.6. The van der Waals surface area contributed by atoms with Gasteiger partial charge in [-0.3, -0.25) is 9.89 Å². The third kappa shape index (κ3) is 4.35. The van der Waals surface area contributed by atoms with Gasteiger partial charge in [-0.25, -0.2) is 0 Å². The van der Waals surface area contributed by atoms with Crippen molar-refractivity contribution in [3.63, 3.8) is 0 Å². The van der Waals surface area contributed by atoms with Gasteiger partial charge in [-0.1, -0.05) is 60.7 Å². The molecular formula is C29H21N9O2. The van der Waals surface area contributed by atoms with Crippen molar-refractivity contribution in [2.45, 2.75) is 12.5 Å². The van der Waals surface area contributed by atoms with Crippen LogP contribution in [0.15, 0.2) is 83.3 Å². The van der Waals surface area contributed by atoms with E-state index in [1.54, 1.807) is 6.08 Å². The second-order valence-electron chi connectivity index (χ2n) is 9.24. The SMILES string of the molecule is O=C1NC(c2[nH]nc(/C=C/c3nnc(-c4ccccc4)o3)c2-c2ccc(-c3nn[nH]n3)cc2)Cc2ccccc21. The molecule has 3 N–H and O–H groups in total. The van der Waals surface area contributed by atoms with Gasteiger partial charge in [-0.2, -0.15) is 10.3 Å². The molecule has 4 heterocycles. The number of carbonyl (C=O) groups excluding carboxylic acids is 1. The summed E-state index contributed by atoms with van der Waals surface area (Å²) in [5, 5.41) is 33.5. The molecule has 0 aliphatic carbocycles. The normalized spacial score (nSPS) is 14.8. The largest absolute Gasteiger partial charge is 0.417 e.